The number of ketones is 1. The number of nitrogens with zero attached hydrogens (tertiary/aromatic N) is 2. The quantitative estimate of drug-likeness (QED) is 0.0496. The standard InChI is InChI=1S/C29H39N3O2.C21H44O.C7H6F2.C6H9NO.C5H10.C4H10.C3H8.2C2H6/c1-8-12-28(34-7)23(9-2)24-18-22(17-21(5)30-24)27(33)13-10-11-14-29-31-25-15-19(3)20(4)16-26(25)32(29)6;1-8-11-13-21(16-22-7)19(6)18(5)20(12-9-2)15-14-17(4)10-3;1-5-2-6(8)4-7(9)3-5;1-5-3-2-4-6(8)7-5;1-2-4-5-3-1;1-3-4-2;1-3-2;2*1-2/h14-18,31H,8-13H2,1-7H3;17-21H,8-16H2,1-7H3;2-4H,1H3;1-4H2,(H,7,8);1-5H2;3-4H2,1-2H3;3H2,1-2H3;2*1-2H3/b28-23-,29-14-;;;;;;;;/t;17-,18?,19?,20?,21?;;;;;;;/m.1......./s1. The Labute approximate surface area is 548 Å². The zero-order valence-electron chi connectivity index (χ0n) is 61.9. The number of methoxy groups -OCH3 is 2. The third-order valence-corrected chi connectivity index (χ3v) is 16.5. The molecule has 0 bridgehead atoms. The van der Waals surface area contributed by atoms with E-state index >= 15 is 0 Å². The number of benzene rings is 2. The van der Waals surface area contributed by atoms with E-state index in [0.717, 1.165) is 133 Å². The van der Waals surface area contributed by atoms with Crippen molar-refractivity contribution in [2.24, 2.45) is 29.6 Å². The van der Waals surface area contributed by atoms with Crippen LogP contribution >= 0.6 is 0 Å². The molecule has 89 heavy (non-hydrogen) atoms. The number of Topliss-reactive ketones (excluding diaryl/α,β-unsaturated/α-hetero) is 1. The molecule has 1 aromatic heterocycles. The van der Waals surface area contributed by atoms with Gasteiger partial charge in [0.15, 0.2) is 5.78 Å². The Morgan fingerprint density at radius 1 is 0.674 bits per heavy atom. The summed E-state index contributed by atoms with van der Waals surface area (Å²) in [6.45, 7) is 47.7. The van der Waals surface area contributed by atoms with E-state index in [-0.39, 0.29) is 11.7 Å². The molecule has 0 spiro atoms. The van der Waals surface area contributed by atoms with Gasteiger partial charge < -0.3 is 25.0 Å². The number of amides is 1. The summed E-state index contributed by atoms with van der Waals surface area (Å²) in [5, 5.41) is 6.16. The Kier molecular flexibility index (Phi) is 55.6. The Bertz CT molecular complexity index is 2280. The Morgan fingerprint density at radius 3 is 1.71 bits per heavy atom. The number of aromatic nitrogens is 1. The van der Waals surface area contributed by atoms with Gasteiger partial charge in [0.2, 0.25) is 5.91 Å². The number of carbonyl (C=O) groups is 2. The van der Waals surface area contributed by atoms with Crippen LogP contribution in [0.25, 0.3) is 5.57 Å². The predicted molar refractivity (Wildman–Crippen MR) is 387 cm³/mol. The Hall–Kier alpha value is -4.83. The number of unbranched alkanes of at least 4 members (excludes halogenated alkanes) is 3. The molecule has 1 aliphatic carbocycles. The molecule has 1 amide bonds. The van der Waals surface area contributed by atoms with Gasteiger partial charge in [0.1, 0.15) is 23.2 Å². The predicted octanol–water partition coefficient (Wildman–Crippen LogP) is 24.6. The molecule has 3 aliphatic rings. The topological polar surface area (TPSA) is 92.8 Å². The molecule has 0 radical (unpaired) electrons. The number of hydrogen-bond acceptors (Lipinski definition) is 7. The van der Waals surface area contributed by atoms with Crippen LogP contribution in [-0.2, 0) is 14.3 Å². The summed E-state index contributed by atoms with van der Waals surface area (Å²) < 4.78 is 35.6. The summed E-state index contributed by atoms with van der Waals surface area (Å²) in [6.07, 6.45) is 31.9. The highest BCUT2D eigenvalue weighted by atomic mass is 19.1. The maximum atomic E-state index is 13.0. The first-order valence-electron chi connectivity index (χ1n) is 35.6. The van der Waals surface area contributed by atoms with Crippen molar-refractivity contribution in [3.63, 3.8) is 0 Å². The highest BCUT2D eigenvalue weighted by molar-refractivity contribution is 5.96. The van der Waals surface area contributed by atoms with Gasteiger partial charge in [-0.15, -0.1) is 0 Å². The Morgan fingerprint density at radius 2 is 1.25 bits per heavy atom. The van der Waals surface area contributed by atoms with Crippen LogP contribution in [0.15, 0.2) is 72.4 Å². The maximum absolute atomic E-state index is 13.0. The summed E-state index contributed by atoms with van der Waals surface area (Å²) in [7, 11) is 5.66. The number of allylic oxidation sites excluding steroid dienone is 4. The van der Waals surface area contributed by atoms with E-state index in [4.69, 9.17) is 14.5 Å². The molecule has 1 saturated heterocycles. The summed E-state index contributed by atoms with van der Waals surface area (Å²) in [5.74, 6) is 5.40. The van der Waals surface area contributed by atoms with Crippen LogP contribution in [0.1, 0.15) is 310 Å². The Balaban J connectivity index is -0.00000114. The van der Waals surface area contributed by atoms with E-state index in [2.05, 4.69) is 144 Å². The van der Waals surface area contributed by atoms with Gasteiger partial charge in [-0.05, 0) is 168 Å². The largest absolute Gasteiger partial charge is 0.501 e. The second-order valence-electron chi connectivity index (χ2n) is 24.3. The van der Waals surface area contributed by atoms with Crippen LogP contribution in [0.3, 0.4) is 0 Å². The van der Waals surface area contributed by atoms with Crippen molar-refractivity contribution in [2.75, 3.05) is 38.1 Å². The fourth-order valence-corrected chi connectivity index (χ4v) is 10.6. The fraction of sp³-hybridized carbons (Fsp3) is 0.684. The van der Waals surface area contributed by atoms with Gasteiger partial charge >= 0.3 is 0 Å². The van der Waals surface area contributed by atoms with Crippen LogP contribution in [0.4, 0.5) is 20.2 Å². The van der Waals surface area contributed by atoms with E-state index < -0.39 is 11.6 Å². The van der Waals surface area contributed by atoms with Crippen molar-refractivity contribution in [3.05, 3.63) is 118 Å². The molecule has 8 nitrogen and oxygen atoms in total. The number of carbonyl (C=O) groups excluding carboxylic acids is 2. The lowest BCUT2D eigenvalue weighted by atomic mass is 9.72. The minimum absolute atomic E-state index is 0.112. The smallest absolute Gasteiger partial charge is 0.224 e. The highest BCUT2D eigenvalue weighted by Crippen LogP contribution is 2.38. The molecule has 512 valence electrons. The zero-order chi connectivity index (χ0) is 68.3. The number of aryl methyl sites for hydroxylation is 4. The van der Waals surface area contributed by atoms with E-state index in [1.165, 1.54) is 132 Å². The number of nitrogens with one attached hydrogen (secondary N) is 2. The van der Waals surface area contributed by atoms with Gasteiger partial charge in [0, 0.05) is 68.6 Å². The minimum atomic E-state index is -0.521. The lowest BCUT2D eigenvalue weighted by Crippen LogP contribution is -2.28. The summed E-state index contributed by atoms with van der Waals surface area (Å²) in [5.41, 5.74) is 9.93. The third kappa shape index (κ3) is 39.2. The molecule has 1 saturated carbocycles. The van der Waals surface area contributed by atoms with Crippen molar-refractivity contribution < 1.29 is 27.8 Å². The number of rotatable bonds is 25. The lowest BCUT2D eigenvalue weighted by Gasteiger charge is -2.34. The third-order valence-electron chi connectivity index (χ3n) is 16.5. The molecule has 6 rings (SSSR count). The molecule has 5 atom stereocenters. The molecule has 3 heterocycles. The van der Waals surface area contributed by atoms with E-state index in [1.807, 2.05) is 53.9 Å². The van der Waals surface area contributed by atoms with Crippen molar-refractivity contribution in [1.82, 2.24) is 10.3 Å². The van der Waals surface area contributed by atoms with Crippen LogP contribution in [0, 0.1) is 68.9 Å². The number of halogens is 2. The zero-order valence-corrected chi connectivity index (χ0v) is 61.9. The van der Waals surface area contributed by atoms with Gasteiger partial charge in [0.05, 0.1) is 24.2 Å². The van der Waals surface area contributed by atoms with Crippen molar-refractivity contribution >= 4 is 28.6 Å². The number of pyridine rings is 1. The van der Waals surface area contributed by atoms with Gasteiger partial charge in [-0.1, -0.05) is 207 Å². The average molecular weight is 1250 g/mol. The molecular weight excluding hydrogens is 1110 g/mol. The number of piperidine rings is 1. The second-order valence-corrected chi connectivity index (χ2v) is 24.3. The van der Waals surface area contributed by atoms with Crippen molar-refractivity contribution in [3.8, 4) is 0 Å². The SMILES string of the molecule is C1CCCC1.C=C1CCCC(=O)N1.CC.CC.CCC.CCC/C(OC)=C(\CC)c1cc(C(=O)CCC/C=C2/Nc3cc(C)c(C)cc3N2C)cc(C)n1.CCCC.CCCCC(COC)C(C)C(C)C(CCC)CC[C@H](C)CC.Cc1cc(F)cc(F)c1. The molecule has 3 aromatic rings. The monoisotopic (exact) mass is 1250 g/mol. The average Bonchev–Trinajstić information content (AvgIpc) is 3.02. The van der Waals surface area contributed by atoms with E-state index in [0.29, 0.717) is 18.4 Å². The number of hydrogen-bond donors (Lipinski definition) is 2. The minimum Gasteiger partial charge on any atom is -0.501 e. The molecule has 2 N–H and O–H groups in total. The molecule has 10 heteroatoms. The van der Waals surface area contributed by atoms with Crippen LogP contribution < -0.4 is 15.5 Å². The first-order chi connectivity index (χ1) is 42.6. The first kappa shape index (κ1) is 88.4. The second kappa shape index (κ2) is 56.0. The summed E-state index contributed by atoms with van der Waals surface area (Å²) in [6, 6.07) is 11.7. The molecule has 2 aliphatic heterocycles. The van der Waals surface area contributed by atoms with Crippen molar-refractivity contribution in [1.29, 1.82) is 0 Å². The van der Waals surface area contributed by atoms with Crippen molar-refractivity contribution in [2.45, 2.75) is 299 Å². The molecule has 2 fully saturated rings. The number of anilines is 2. The van der Waals surface area contributed by atoms with E-state index in [9.17, 15) is 18.4 Å². The van der Waals surface area contributed by atoms with Gasteiger partial charge in [0.25, 0.3) is 0 Å². The van der Waals surface area contributed by atoms with Crippen LogP contribution in [0.2, 0.25) is 0 Å². The summed E-state index contributed by atoms with van der Waals surface area (Å²) >= 11 is 0. The fourth-order valence-electron chi connectivity index (χ4n) is 10.6. The maximum Gasteiger partial charge on any atom is 0.224 e. The first-order valence-corrected chi connectivity index (χ1v) is 35.6. The van der Waals surface area contributed by atoms with Gasteiger partial charge in [-0.2, -0.15) is 0 Å². The normalized spacial score (nSPS) is 15.1. The molecular formula is C79H138F2N4O4. The number of ether oxygens (including phenoxy) is 2. The van der Waals surface area contributed by atoms with E-state index in [1.54, 1.807) is 14.0 Å². The van der Waals surface area contributed by atoms with Crippen LogP contribution in [-0.4, -0.2) is 44.5 Å². The molecule has 4 unspecified atom stereocenters. The number of fused-ring (bicyclic) bond motifs is 1. The molecule has 2 aromatic carbocycles. The van der Waals surface area contributed by atoms with Gasteiger partial charge in [-0.3, -0.25) is 14.6 Å². The van der Waals surface area contributed by atoms with Gasteiger partial charge in [-0.25, -0.2) is 8.78 Å². The van der Waals surface area contributed by atoms with Crippen LogP contribution in [0.5, 0.6) is 0 Å². The summed E-state index contributed by atoms with van der Waals surface area (Å²) in [4.78, 5) is 30.4. The highest BCUT2D eigenvalue weighted by Gasteiger charge is 2.28. The lowest BCUT2D eigenvalue weighted by molar-refractivity contribution is -0.121.